The highest BCUT2D eigenvalue weighted by Crippen LogP contribution is 2.20. The SMILES string of the molecule is CN(C)C(=O)C1(C)CN(Cc2cncnc2)CCO1. The molecule has 0 saturated carbocycles. The molecule has 0 spiro atoms. The molecular formula is C13H20N4O2. The molecule has 1 atom stereocenters. The quantitative estimate of drug-likeness (QED) is 0.778. The van der Waals surface area contributed by atoms with Gasteiger partial charge in [0.2, 0.25) is 0 Å². The van der Waals surface area contributed by atoms with Gasteiger partial charge in [0.05, 0.1) is 6.61 Å². The van der Waals surface area contributed by atoms with Gasteiger partial charge in [-0.3, -0.25) is 9.69 Å². The van der Waals surface area contributed by atoms with Gasteiger partial charge in [0.15, 0.2) is 5.60 Å². The van der Waals surface area contributed by atoms with Crippen molar-refractivity contribution in [3.05, 3.63) is 24.3 Å². The van der Waals surface area contributed by atoms with E-state index in [2.05, 4.69) is 14.9 Å². The summed E-state index contributed by atoms with van der Waals surface area (Å²) in [6.45, 7) is 4.54. The van der Waals surface area contributed by atoms with Crippen molar-refractivity contribution in [1.29, 1.82) is 0 Å². The van der Waals surface area contributed by atoms with Gasteiger partial charge in [0, 0.05) is 51.7 Å². The van der Waals surface area contributed by atoms with Gasteiger partial charge in [-0.2, -0.15) is 0 Å². The average Bonchev–Trinajstić information content (AvgIpc) is 2.39. The third-order valence-electron chi connectivity index (χ3n) is 3.23. The van der Waals surface area contributed by atoms with Gasteiger partial charge in [-0.25, -0.2) is 9.97 Å². The van der Waals surface area contributed by atoms with Gasteiger partial charge >= 0.3 is 0 Å². The van der Waals surface area contributed by atoms with Crippen molar-refractivity contribution in [2.75, 3.05) is 33.8 Å². The molecule has 2 heterocycles. The van der Waals surface area contributed by atoms with E-state index in [1.54, 1.807) is 31.4 Å². The molecule has 0 bridgehead atoms. The molecule has 0 aliphatic carbocycles. The zero-order valence-electron chi connectivity index (χ0n) is 11.7. The summed E-state index contributed by atoms with van der Waals surface area (Å²) in [6.07, 6.45) is 5.11. The highest BCUT2D eigenvalue weighted by Gasteiger charge is 2.40. The number of hydrogen-bond donors (Lipinski definition) is 0. The molecular weight excluding hydrogens is 244 g/mol. The molecule has 6 heteroatoms. The summed E-state index contributed by atoms with van der Waals surface area (Å²) >= 11 is 0. The fraction of sp³-hybridized carbons (Fsp3) is 0.615. The Morgan fingerprint density at radius 3 is 2.79 bits per heavy atom. The fourth-order valence-corrected chi connectivity index (χ4v) is 2.36. The topological polar surface area (TPSA) is 58.6 Å². The Morgan fingerprint density at radius 1 is 1.47 bits per heavy atom. The van der Waals surface area contributed by atoms with Gasteiger partial charge in [-0.15, -0.1) is 0 Å². The number of morpholine rings is 1. The van der Waals surface area contributed by atoms with Crippen molar-refractivity contribution >= 4 is 5.91 Å². The minimum absolute atomic E-state index is 0.00140. The first-order valence-electron chi connectivity index (χ1n) is 6.33. The van der Waals surface area contributed by atoms with E-state index in [0.717, 1.165) is 18.7 Å². The van der Waals surface area contributed by atoms with Crippen LogP contribution in [0, 0.1) is 0 Å². The number of rotatable bonds is 3. The summed E-state index contributed by atoms with van der Waals surface area (Å²) in [5, 5.41) is 0. The van der Waals surface area contributed by atoms with E-state index in [-0.39, 0.29) is 5.91 Å². The Balaban J connectivity index is 2.03. The van der Waals surface area contributed by atoms with Crippen molar-refractivity contribution in [2.24, 2.45) is 0 Å². The first-order chi connectivity index (χ1) is 9.01. The van der Waals surface area contributed by atoms with E-state index in [1.807, 2.05) is 6.92 Å². The second-order valence-electron chi connectivity index (χ2n) is 5.24. The van der Waals surface area contributed by atoms with Crippen LogP contribution >= 0.6 is 0 Å². The maximum absolute atomic E-state index is 12.2. The monoisotopic (exact) mass is 264 g/mol. The zero-order valence-corrected chi connectivity index (χ0v) is 11.7. The molecule has 1 aliphatic heterocycles. The second kappa shape index (κ2) is 5.63. The first-order valence-corrected chi connectivity index (χ1v) is 6.33. The highest BCUT2D eigenvalue weighted by atomic mass is 16.5. The molecule has 1 aliphatic rings. The Bertz CT molecular complexity index is 438. The van der Waals surface area contributed by atoms with E-state index in [1.165, 1.54) is 6.33 Å². The summed E-state index contributed by atoms with van der Waals surface area (Å²) in [6, 6.07) is 0. The fourth-order valence-electron chi connectivity index (χ4n) is 2.36. The minimum Gasteiger partial charge on any atom is -0.363 e. The standard InChI is InChI=1S/C13H20N4O2/c1-13(12(18)16(2)3)9-17(4-5-19-13)8-11-6-14-10-15-7-11/h6-7,10H,4-5,8-9H2,1-3H3. The Kier molecular flexibility index (Phi) is 4.11. The normalized spacial score (nSPS) is 24.2. The van der Waals surface area contributed by atoms with Crippen LogP contribution in [0.1, 0.15) is 12.5 Å². The maximum atomic E-state index is 12.2. The number of amides is 1. The van der Waals surface area contributed by atoms with E-state index < -0.39 is 5.60 Å². The molecule has 0 aromatic carbocycles. The van der Waals surface area contributed by atoms with Crippen molar-refractivity contribution in [2.45, 2.75) is 19.1 Å². The third kappa shape index (κ3) is 3.27. The predicted molar refractivity (Wildman–Crippen MR) is 70.4 cm³/mol. The average molecular weight is 264 g/mol. The van der Waals surface area contributed by atoms with Crippen LogP contribution in [0.4, 0.5) is 0 Å². The van der Waals surface area contributed by atoms with E-state index >= 15 is 0 Å². The minimum atomic E-state index is -0.766. The number of aromatic nitrogens is 2. The summed E-state index contributed by atoms with van der Waals surface area (Å²) in [5.74, 6) is 0.00140. The highest BCUT2D eigenvalue weighted by molar-refractivity contribution is 5.84. The number of likely N-dealkylation sites (N-methyl/N-ethyl adjacent to an activating group) is 1. The third-order valence-corrected chi connectivity index (χ3v) is 3.23. The molecule has 1 aromatic heterocycles. The van der Waals surface area contributed by atoms with Crippen LogP contribution in [0.3, 0.4) is 0 Å². The smallest absolute Gasteiger partial charge is 0.255 e. The van der Waals surface area contributed by atoms with E-state index in [9.17, 15) is 4.79 Å². The van der Waals surface area contributed by atoms with Gasteiger partial charge in [-0.05, 0) is 6.92 Å². The van der Waals surface area contributed by atoms with Gasteiger partial charge in [-0.1, -0.05) is 0 Å². The molecule has 1 aromatic rings. The van der Waals surface area contributed by atoms with E-state index in [4.69, 9.17) is 4.74 Å². The molecule has 6 nitrogen and oxygen atoms in total. The van der Waals surface area contributed by atoms with Crippen molar-refractivity contribution in [3.63, 3.8) is 0 Å². The van der Waals surface area contributed by atoms with Crippen molar-refractivity contribution < 1.29 is 9.53 Å². The van der Waals surface area contributed by atoms with E-state index in [0.29, 0.717) is 13.2 Å². The Labute approximate surface area is 113 Å². The lowest BCUT2D eigenvalue weighted by atomic mass is 10.0. The number of carbonyl (C=O) groups excluding carboxylic acids is 1. The number of carbonyl (C=O) groups is 1. The lowest BCUT2D eigenvalue weighted by Gasteiger charge is -2.40. The Morgan fingerprint density at radius 2 is 2.16 bits per heavy atom. The van der Waals surface area contributed by atoms with Crippen molar-refractivity contribution in [3.8, 4) is 0 Å². The lowest BCUT2D eigenvalue weighted by molar-refractivity contribution is -0.165. The summed E-state index contributed by atoms with van der Waals surface area (Å²) in [5.41, 5.74) is 0.279. The molecule has 0 N–H and O–H groups in total. The van der Waals surface area contributed by atoms with Crippen LogP contribution < -0.4 is 0 Å². The predicted octanol–water partition coefficient (Wildman–Crippen LogP) is 0.156. The molecule has 1 fully saturated rings. The van der Waals surface area contributed by atoms with Crippen LogP contribution in [-0.2, 0) is 16.1 Å². The van der Waals surface area contributed by atoms with Gasteiger partial charge in [0.1, 0.15) is 6.33 Å². The Hall–Kier alpha value is -1.53. The lowest BCUT2D eigenvalue weighted by Crippen LogP contribution is -2.57. The molecule has 19 heavy (non-hydrogen) atoms. The largest absolute Gasteiger partial charge is 0.363 e. The molecule has 1 unspecified atom stereocenters. The number of nitrogens with zero attached hydrogens (tertiary/aromatic N) is 4. The van der Waals surface area contributed by atoms with Crippen LogP contribution in [-0.4, -0.2) is 65.1 Å². The zero-order chi connectivity index (χ0) is 13.9. The molecule has 2 rings (SSSR count). The number of hydrogen-bond acceptors (Lipinski definition) is 5. The first kappa shape index (κ1) is 13.9. The van der Waals surface area contributed by atoms with Gasteiger partial charge < -0.3 is 9.64 Å². The van der Waals surface area contributed by atoms with Crippen LogP contribution in [0.2, 0.25) is 0 Å². The van der Waals surface area contributed by atoms with Crippen LogP contribution in [0.5, 0.6) is 0 Å². The molecule has 0 radical (unpaired) electrons. The number of ether oxygens (including phenoxy) is 1. The summed E-state index contributed by atoms with van der Waals surface area (Å²) < 4.78 is 5.69. The maximum Gasteiger partial charge on any atom is 0.255 e. The summed E-state index contributed by atoms with van der Waals surface area (Å²) in [7, 11) is 3.50. The van der Waals surface area contributed by atoms with Crippen LogP contribution in [0.25, 0.3) is 0 Å². The van der Waals surface area contributed by atoms with Crippen molar-refractivity contribution in [1.82, 2.24) is 19.8 Å². The van der Waals surface area contributed by atoms with Crippen LogP contribution in [0.15, 0.2) is 18.7 Å². The molecule has 104 valence electrons. The second-order valence-corrected chi connectivity index (χ2v) is 5.24. The molecule has 1 amide bonds. The summed E-state index contributed by atoms with van der Waals surface area (Å²) in [4.78, 5) is 24.0. The van der Waals surface area contributed by atoms with Gasteiger partial charge in [0.25, 0.3) is 5.91 Å². The molecule has 1 saturated heterocycles.